The molecule has 2 amide bonds. The van der Waals surface area contributed by atoms with Crippen LogP contribution in [0.5, 0.6) is 0 Å². The minimum absolute atomic E-state index is 0.0874. The molecule has 0 aliphatic heterocycles. The maximum absolute atomic E-state index is 12.9. The highest BCUT2D eigenvalue weighted by Crippen LogP contribution is 2.44. The van der Waals surface area contributed by atoms with Crippen LogP contribution in [-0.4, -0.2) is 53.2 Å². The summed E-state index contributed by atoms with van der Waals surface area (Å²) in [5.41, 5.74) is 3.89. The molecular weight excluding hydrogens is 408 g/mol. The lowest BCUT2D eigenvalue weighted by molar-refractivity contribution is -0.144. The molecule has 2 aromatic rings. The van der Waals surface area contributed by atoms with Crippen LogP contribution in [0, 0.1) is 0 Å². The second-order valence-corrected chi connectivity index (χ2v) is 8.68. The quantitative estimate of drug-likeness (QED) is 0.649. The Balaban J connectivity index is 1.71. The second-order valence-electron chi connectivity index (χ2n) is 8.68. The van der Waals surface area contributed by atoms with Gasteiger partial charge in [0.1, 0.15) is 12.6 Å². The number of nitrogens with zero attached hydrogens (tertiary/aromatic N) is 1. The number of ether oxygens (including phenoxy) is 1. The Morgan fingerprint density at radius 1 is 1.06 bits per heavy atom. The minimum atomic E-state index is -1.21. The minimum Gasteiger partial charge on any atom is -0.481 e. The van der Waals surface area contributed by atoms with Crippen LogP contribution in [0.15, 0.2) is 48.5 Å². The Labute approximate surface area is 188 Å². The van der Waals surface area contributed by atoms with Crippen molar-refractivity contribution < 1.29 is 24.2 Å². The molecule has 170 valence electrons. The van der Waals surface area contributed by atoms with E-state index in [1.807, 2.05) is 69.3 Å². The number of hydrogen-bond acceptors (Lipinski definition) is 4. The molecule has 2 aromatic carbocycles. The Kier molecular flexibility index (Phi) is 6.87. The van der Waals surface area contributed by atoms with Crippen LogP contribution < -0.4 is 5.32 Å². The molecule has 1 unspecified atom stereocenters. The number of benzene rings is 2. The molecule has 0 spiro atoms. The number of fused-ring (bicyclic) bond motifs is 3. The summed E-state index contributed by atoms with van der Waals surface area (Å²) in [7, 11) is 1.61. The maximum atomic E-state index is 12.9. The van der Waals surface area contributed by atoms with Crippen molar-refractivity contribution in [1.29, 1.82) is 0 Å². The smallest absolute Gasteiger partial charge is 0.407 e. The average Bonchev–Trinajstić information content (AvgIpc) is 3.09. The molecule has 0 radical (unpaired) electrons. The van der Waals surface area contributed by atoms with Crippen molar-refractivity contribution in [2.24, 2.45) is 0 Å². The Morgan fingerprint density at radius 3 is 2.09 bits per heavy atom. The Hall–Kier alpha value is -3.35. The Bertz CT molecular complexity index is 971. The molecule has 0 saturated carbocycles. The lowest BCUT2D eigenvalue weighted by Gasteiger charge is -2.37. The topological polar surface area (TPSA) is 95.9 Å². The van der Waals surface area contributed by atoms with Crippen molar-refractivity contribution >= 4 is 18.0 Å². The zero-order valence-corrected chi connectivity index (χ0v) is 18.9. The van der Waals surface area contributed by atoms with E-state index in [1.54, 1.807) is 7.05 Å². The third-order valence-corrected chi connectivity index (χ3v) is 6.42. The highest BCUT2D eigenvalue weighted by molar-refractivity contribution is 5.89. The molecule has 0 fully saturated rings. The average molecular weight is 439 g/mol. The number of nitrogens with one attached hydrogen (secondary N) is 1. The summed E-state index contributed by atoms with van der Waals surface area (Å²) in [6.45, 7) is 5.80. The van der Waals surface area contributed by atoms with E-state index in [1.165, 1.54) is 4.90 Å². The predicted octanol–water partition coefficient (Wildman–Crippen LogP) is 4.02. The van der Waals surface area contributed by atoms with E-state index in [-0.39, 0.29) is 12.5 Å². The van der Waals surface area contributed by atoms with E-state index >= 15 is 0 Å². The lowest BCUT2D eigenvalue weighted by atomic mass is 9.98. The zero-order valence-electron chi connectivity index (χ0n) is 18.9. The molecule has 32 heavy (non-hydrogen) atoms. The number of hydrogen-bond donors (Lipinski definition) is 2. The molecule has 1 atom stereocenters. The van der Waals surface area contributed by atoms with Crippen molar-refractivity contribution in [3.8, 4) is 11.1 Å². The van der Waals surface area contributed by atoms with Crippen LogP contribution in [0.4, 0.5) is 4.79 Å². The first-order chi connectivity index (χ1) is 15.2. The highest BCUT2D eigenvalue weighted by atomic mass is 16.5. The lowest BCUT2D eigenvalue weighted by Crippen LogP contribution is -2.54. The number of carbonyl (C=O) groups is 3. The summed E-state index contributed by atoms with van der Waals surface area (Å²) in [6.07, 6.45) is -0.651. The normalized spacial score (nSPS) is 13.6. The maximum Gasteiger partial charge on any atom is 0.407 e. The van der Waals surface area contributed by atoms with Gasteiger partial charge in [0.2, 0.25) is 5.91 Å². The number of alkyl carbamates (subject to hydrolysis) is 1. The molecule has 0 saturated heterocycles. The summed E-state index contributed by atoms with van der Waals surface area (Å²) in [5.74, 6) is -1.76. The van der Waals surface area contributed by atoms with Crippen LogP contribution in [0.1, 0.15) is 50.7 Å². The van der Waals surface area contributed by atoms with Crippen molar-refractivity contribution in [1.82, 2.24) is 10.2 Å². The van der Waals surface area contributed by atoms with Gasteiger partial charge < -0.3 is 20.1 Å². The van der Waals surface area contributed by atoms with Crippen LogP contribution in [0.25, 0.3) is 11.1 Å². The predicted molar refractivity (Wildman–Crippen MR) is 121 cm³/mol. The fourth-order valence-electron chi connectivity index (χ4n) is 3.93. The van der Waals surface area contributed by atoms with Gasteiger partial charge in [-0.15, -0.1) is 0 Å². The number of amides is 2. The summed E-state index contributed by atoms with van der Waals surface area (Å²) in [4.78, 5) is 38.3. The van der Waals surface area contributed by atoms with Gasteiger partial charge >= 0.3 is 12.1 Å². The van der Waals surface area contributed by atoms with E-state index in [0.717, 1.165) is 22.3 Å². The molecular formula is C25H30N2O5. The first-order valence-corrected chi connectivity index (χ1v) is 10.8. The fraction of sp³-hybridized carbons (Fsp3) is 0.400. The molecule has 7 nitrogen and oxygen atoms in total. The van der Waals surface area contributed by atoms with Gasteiger partial charge in [0.05, 0.1) is 6.42 Å². The van der Waals surface area contributed by atoms with Gasteiger partial charge in [0.15, 0.2) is 0 Å². The first-order valence-electron chi connectivity index (χ1n) is 10.8. The van der Waals surface area contributed by atoms with E-state index in [9.17, 15) is 19.5 Å². The fourth-order valence-corrected chi connectivity index (χ4v) is 3.93. The summed E-state index contributed by atoms with van der Waals surface area (Å²) in [6, 6.07) is 14.8. The van der Waals surface area contributed by atoms with Gasteiger partial charge in [-0.25, -0.2) is 4.79 Å². The van der Waals surface area contributed by atoms with Crippen molar-refractivity contribution in [3.05, 3.63) is 59.7 Å². The third kappa shape index (κ3) is 4.77. The van der Waals surface area contributed by atoms with E-state index in [2.05, 4.69) is 5.32 Å². The first kappa shape index (κ1) is 23.3. The van der Waals surface area contributed by atoms with Crippen molar-refractivity contribution in [2.75, 3.05) is 13.7 Å². The van der Waals surface area contributed by atoms with Crippen LogP contribution >= 0.6 is 0 Å². The van der Waals surface area contributed by atoms with E-state index < -0.39 is 36.0 Å². The number of carboxylic acids is 1. The molecule has 1 aliphatic carbocycles. The van der Waals surface area contributed by atoms with Gasteiger partial charge in [-0.3, -0.25) is 9.59 Å². The number of carbonyl (C=O) groups excluding carboxylic acids is 2. The van der Waals surface area contributed by atoms with Gasteiger partial charge in [-0.2, -0.15) is 0 Å². The van der Waals surface area contributed by atoms with Crippen molar-refractivity contribution in [2.45, 2.75) is 51.1 Å². The molecule has 0 heterocycles. The van der Waals surface area contributed by atoms with E-state index in [4.69, 9.17) is 4.74 Å². The SMILES string of the molecule is CCC(C)(C)N(C)C(=O)C(CC(=O)O)NC(=O)OCC1c2ccccc2-c2ccccc21. The zero-order chi connectivity index (χ0) is 23.5. The van der Waals surface area contributed by atoms with Gasteiger partial charge in [0, 0.05) is 18.5 Å². The molecule has 3 rings (SSSR count). The number of aliphatic carboxylic acids is 1. The number of rotatable bonds is 8. The summed E-state index contributed by atoms with van der Waals surface area (Å²) < 4.78 is 5.48. The molecule has 7 heteroatoms. The van der Waals surface area contributed by atoms with Crippen LogP contribution in [0.3, 0.4) is 0 Å². The summed E-state index contributed by atoms with van der Waals surface area (Å²) >= 11 is 0. The highest BCUT2D eigenvalue weighted by Gasteiger charge is 2.34. The molecule has 1 aliphatic rings. The second kappa shape index (κ2) is 9.42. The van der Waals surface area contributed by atoms with Crippen LogP contribution in [0.2, 0.25) is 0 Å². The van der Waals surface area contributed by atoms with Crippen LogP contribution in [-0.2, 0) is 14.3 Å². The third-order valence-electron chi connectivity index (χ3n) is 6.42. The number of likely N-dealkylation sites (N-methyl/N-ethyl adjacent to an activating group) is 1. The molecule has 2 N–H and O–H groups in total. The van der Waals surface area contributed by atoms with Crippen molar-refractivity contribution in [3.63, 3.8) is 0 Å². The van der Waals surface area contributed by atoms with Gasteiger partial charge in [-0.05, 0) is 42.5 Å². The standard InChI is InChI=1S/C25H30N2O5/c1-5-25(2,3)27(4)23(30)21(14-22(28)29)26-24(31)32-15-20-18-12-8-6-10-16(18)17-11-7-9-13-19(17)20/h6-13,20-21H,5,14-15H2,1-4H3,(H,26,31)(H,28,29). The van der Waals surface area contributed by atoms with Gasteiger partial charge in [0.25, 0.3) is 0 Å². The Morgan fingerprint density at radius 2 is 1.59 bits per heavy atom. The molecule has 0 aromatic heterocycles. The summed E-state index contributed by atoms with van der Waals surface area (Å²) in [5, 5.41) is 11.7. The monoisotopic (exact) mass is 438 g/mol. The molecule has 0 bridgehead atoms. The number of carboxylic acid groups (broad SMARTS) is 1. The van der Waals surface area contributed by atoms with Gasteiger partial charge in [-0.1, -0.05) is 55.5 Å². The van der Waals surface area contributed by atoms with E-state index in [0.29, 0.717) is 6.42 Å². The largest absolute Gasteiger partial charge is 0.481 e.